The average molecular weight is 250 g/mol. The highest BCUT2D eigenvalue weighted by Crippen LogP contribution is 2.04. The van der Waals surface area contributed by atoms with Crippen molar-refractivity contribution in [2.75, 3.05) is 6.54 Å². The van der Waals surface area contributed by atoms with Gasteiger partial charge in [0.25, 0.3) is 5.91 Å². The number of carbonyl (C=O) groups is 2. The molecule has 1 aromatic carbocycles. The molecule has 0 fully saturated rings. The standard InChI is InChI=1S/C13H18N2O3/c1-9(16)3-2-8-15-13(18)11-6-4-10(5-7-11)12(14)17/h4-7,9,16H,2-3,8H2,1H3,(H2,14,17)(H,15,18). The molecule has 0 saturated carbocycles. The second-order valence-electron chi connectivity index (χ2n) is 4.19. The van der Waals surface area contributed by atoms with E-state index in [-0.39, 0.29) is 12.0 Å². The van der Waals surface area contributed by atoms with Gasteiger partial charge < -0.3 is 16.2 Å². The monoisotopic (exact) mass is 250 g/mol. The van der Waals surface area contributed by atoms with Gasteiger partial charge in [-0.25, -0.2) is 0 Å². The number of primary amides is 1. The zero-order chi connectivity index (χ0) is 13.5. The van der Waals surface area contributed by atoms with Gasteiger partial charge in [0, 0.05) is 17.7 Å². The summed E-state index contributed by atoms with van der Waals surface area (Å²) in [5.41, 5.74) is 5.96. The van der Waals surface area contributed by atoms with Crippen LogP contribution in [-0.2, 0) is 0 Å². The topological polar surface area (TPSA) is 92.4 Å². The van der Waals surface area contributed by atoms with Crippen LogP contribution in [0, 0.1) is 0 Å². The van der Waals surface area contributed by atoms with Crippen molar-refractivity contribution in [3.8, 4) is 0 Å². The van der Waals surface area contributed by atoms with E-state index in [0.29, 0.717) is 24.1 Å². The third-order valence-electron chi connectivity index (χ3n) is 2.52. The Labute approximate surface area is 106 Å². The van der Waals surface area contributed by atoms with Gasteiger partial charge in [0.2, 0.25) is 5.91 Å². The lowest BCUT2D eigenvalue weighted by atomic mass is 10.1. The summed E-state index contributed by atoms with van der Waals surface area (Å²) >= 11 is 0. The van der Waals surface area contributed by atoms with Gasteiger partial charge in [0.15, 0.2) is 0 Å². The van der Waals surface area contributed by atoms with Crippen molar-refractivity contribution in [3.63, 3.8) is 0 Å². The first kappa shape index (κ1) is 14.2. The predicted octanol–water partition coefficient (Wildman–Crippen LogP) is 0.676. The molecule has 1 unspecified atom stereocenters. The van der Waals surface area contributed by atoms with Crippen LogP contribution in [0.4, 0.5) is 0 Å². The summed E-state index contributed by atoms with van der Waals surface area (Å²) in [6, 6.07) is 6.16. The Hall–Kier alpha value is -1.88. The zero-order valence-electron chi connectivity index (χ0n) is 10.3. The quantitative estimate of drug-likeness (QED) is 0.648. The van der Waals surface area contributed by atoms with Crippen molar-refractivity contribution < 1.29 is 14.7 Å². The third-order valence-corrected chi connectivity index (χ3v) is 2.52. The molecule has 4 N–H and O–H groups in total. The lowest BCUT2D eigenvalue weighted by Gasteiger charge is -2.06. The fourth-order valence-electron chi connectivity index (χ4n) is 1.49. The van der Waals surface area contributed by atoms with Crippen molar-refractivity contribution in [3.05, 3.63) is 35.4 Å². The minimum Gasteiger partial charge on any atom is -0.393 e. The second-order valence-corrected chi connectivity index (χ2v) is 4.19. The van der Waals surface area contributed by atoms with Gasteiger partial charge in [0.05, 0.1) is 6.10 Å². The van der Waals surface area contributed by atoms with Crippen LogP contribution in [0.5, 0.6) is 0 Å². The molecule has 18 heavy (non-hydrogen) atoms. The van der Waals surface area contributed by atoms with E-state index < -0.39 is 5.91 Å². The van der Waals surface area contributed by atoms with Crippen LogP contribution >= 0.6 is 0 Å². The largest absolute Gasteiger partial charge is 0.393 e. The average Bonchev–Trinajstić information content (AvgIpc) is 2.34. The molecule has 1 rings (SSSR count). The zero-order valence-corrected chi connectivity index (χ0v) is 10.3. The summed E-state index contributed by atoms with van der Waals surface area (Å²) < 4.78 is 0. The van der Waals surface area contributed by atoms with Crippen molar-refractivity contribution in [1.29, 1.82) is 0 Å². The molecular weight excluding hydrogens is 232 g/mol. The van der Waals surface area contributed by atoms with Gasteiger partial charge in [0.1, 0.15) is 0 Å². The molecular formula is C13H18N2O3. The Kier molecular flexibility index (Phi) is 5.32. The number of nitrogens with one attached hydrogen (secondary N) is 1. The second kappa shape index (κ2) is 6.76. The Morgan fingerprint density at radius 3 is 2.33 bits per heavy atom. The van der Waals surface area contributed by atoms with Crippen molar-refractivity contribution in [2.24, 2.45) is 5.73 Å². The highest BCUT2D eigenvalue weighted by molar-refractivity contribution is 5.97. The highest BCUT2D eigenvalue weighted by atomic mass is 16.3. The van der Waals surface area contributed by atoms with Crippen molar-refractivity contribution >= 4 is 11.8 Å². The van der Waals surface area contributed by atoms with E-state index >= 15 is 0 Å². The van der Waals surface area contributed by atoms with Crippen LogP contribution in [0.1, 0.15) is 40.5 Å². The number of aliphatic hydroxyl groups is 1. The van der Waals surface area contributed by atoms with Crippen LogP contribution in [0.15, 0.2) is 24.3 Å². The maximum Gasteiger partial charge on any atom is 0.251 e. The van der Waals surface area contributed by atoms with E-state index in [2.05, 4.69) is 5.32 Å². The molecule has 0 aliphatic rings. The summed E-state index contributed by atoms with van der Waals surface area (Å²) in [6.45, 7) is 2.23. The van der Waals surface area contributed by atoms with Crippen LogP contribution in [0.25, 0.3) is 0 Å². The molecule has 0 aromatic heterocycles. The number of nitrogens with two attached hydrogens (primary N) is 1. The number of hydrogen-bond acceptors (Lipinski definition) is 3. The van der Waals surface area contributed by atoms with Gasteiger partial charge in [-0.3, -0.25) is 9.59 Å². The van der Waals surface area contributed by atoms with Gasteiger partial charge in [-0.2, -0.15) is 0 Å². The first-order chi connectivity index (χ1) is 8.50. The number of benzene rings is 1. The van der Waals surface area contributed by atoms with Crippen LogP contribution in [-0.4, -0.2) is 29.6 Å². The highest BCUT2D eigenvalue weighted by Gasteiger charge is 2.06. The maximum absolute atomic E-state index is 11.7. The Morgan fingerprint density at radius 2 is 1.83 bits per heavy atom. The normalized spacial score (nSPS) is 11.9. The minimum absolute atomic E-state index is 0.198. The Bertz CT molecular complexity index is 413. The lowest BCUT2D eigenvalue weighted by molar-refractivity contribution is 0.0947. The lowest BCUT2D eigenvalue weighted by Crippen LogP contribution is -2.25. The van der Waals surface area contributed by atoms with Gasteiger partial charge in [-0.15, -0.1) is 0 Å². The number of aliphatic hydroxyl groups excluding tert-OH is 1. The molecule has 1 aromatic rings. The van der Waals surface area contributed by atoms with E-state index in [9.17, 15) is 9.59 Å². The predicted molar refractivity (Wildman–Crippen MR) is 68.2 cm³/mol. The summed E-state index contributed by atoms with van der Waals surface area (Å²) in [7, 11) is 0. The Morgan fingerprint density at radius 1 is 1.28 bits per heavy atom. The number of amides is 2. The maximum atomic E-state index is 11.7. The molecule has 1 atom stereocenters. The molecule has 0 radical (unpaired) electrons. The van der Waals surface area contributed by atoms with Crippen LogP contribution in [0.3, 0.4) is 0 Å². The third kappa shape index (κ3) is 4.55. The van der Waals surface area contributed by atoms with E-state index in [4.69, 9.17) is 10.8 Å². The summed E-state index contributed by atoms with van der Waals surface area (Å²) in [6.07, 6.45) is 1.03. The number of hydrogen-bond donors (Lipinski definition) is 3. The first-order valence-electron chi connectivity index (χ1n) is 5.87. The van der Waals surface area contributed by atoms with Crippen molar-refractivity contribution in [2.45, 2.75) is 25.9 Å². The van der Waals surface area contributed by atoms with E-state index in [1.165, 1.54) is 12.1 Å². The van der Waals surface area contributed by atoms with E-state index in [0.717, 1.165) is 6.42 Å². The van der Waals surface area contributed by atoms with E-state index in [1.807, 2.05) is 0 Å². The molecule has 0 bridgehead atoms. The Balaban J connectivity index is 2.44. The SMILES string of the molecule is CC(O)CCCNC(=O)c1ccc(C(N)=O)cc1. The first-order valence-corrected chi connectivity index (χ1v) is 5.87. The molecule has 5 nitrogen and oxygen atoms in total. The van der Waals surface area contributed by atoms with Crippen LogP contribution < -0.4 is 11.1 Å². The molecule has 5 heteroatoms. The number of rotatable bonds is 6. The fourth-order valence-corrected chi connectivity index (χ4v) is 1.49. The summed E-state index contributed by atoms with van der Waals surface area (Å²) in [5.74, 6) is -0.712. The number of carbonyl (C=O) groups excluding carboxylic acids is 2. The minimum atomic E-state index is -0.515. The summed E-state index contributed by atoms with van der Waals surface area (Å²) in [4.78, 5) is 22.5. The molecule has 0 saturated heterocycles. The van der Waals surface area contributed by atoms with Gasteiger partial charge in [-0.05, 0) is 44.0 Å². The van der Waals surface area contributed by atoms with Gasteiger partial charge >= 0.3 is 0 Å². The van der Waals surface area contributed by atoms with Crippen LogP contribution in [0.2, 0.25) is 0 Å². The smallest absolute Gasteiger partial charge is 0.251 e. The van der Waals surface area contributed by atoms with Crippen molar-refractivity contribution in [1.82, 2.24) is 5.32 Å². The molecule has 0 heterocycles. The molecule has 0 aliphatic carbocycles. The van der Waals surface area contributed by atoms with Gasteiger partial charge in [-0.1, -0.05) is 0 Å². The molecule has 0 spiro atoms. The molecule has 0 aliphatic heterocycles. The summed E-state index contributed by atoms with van der Waals surface area (Å²) in [5, 5.41) is 11.8. The fraction of sp³-hybridized carbons (Fsp3) is 0.385. The molecule has 98 valence electrons. The molecule has 2 amide bonds. The van der Waals surface area contributed by atoms with E-state index in [1.54, 1.807) is 19.1 Å².